The lowest BCUT2D eigenvalue weighted by atomic mass is 9.97. The molecule has 0 radical (unpaired) electrons. The SMILES string of the molecule is CC1CN(c2ncccc2C(=O)NS(=O)(=O)c2cccc(OCc3cccc(C#N)c3)n2)C(C)(C)C1. The maximum Gasteiger partial charge on any atom is 0.281 e. The van der Waals surface area contributed by atoms with Crippen LogP contribution >= 0.6 is 0 Å². The lowest BCUT2D eigenvalue weighted by Gasteiger charge is -2.33. The van der Waals surface area contributed by atoms with Crippen molar-refractivity contribution in [3.8, 4) is 11.9 Å². The summed E-state index contributed by atoms with van der Waals surface area (Å²) in [7, 11) is -4.28. The van der Waals surface area contributed by atoms with Crippen molar-refractivity contribution < 1.29 is 17.9 Å². The van der Waals surface area contributed by atoms with E-state index in [1.54, 1.807) is 42.6 Å². The zero-order valence-electron chi connectivity index (χ0n) is 20.3. The second-order valence-electron chi connectivity index (χ2n) is 9.46. The van der Waals surface area contributed by atoms with Crippen LogP contribution in [-0.4, -0.2) is 36.4 Å². The van der Waals surface area contributed by atoms with Crippen LogP contribution in [0.3, 0.4) is 0 Å². The highest BCUT2D eigenvalue weighted by Gasteiger charge is 2.39. The maximum atomic E-state index is 13.1. The molecule has 3 aromatic rings. The van der Waals surface area contributed by atoms with Gasteiger partial charge in [0.1, 0.15) is 12.4 Å². The number of anilines is 1. The third kappa shape index (κ3) is 5.47. The van der Waals surface area contributed by atoms with Gasteiger partial charge in [-0.1, -0.05) is 25.1 Å². The number of nitriles is 1. The van der Waals surface area contributed by atoms with Gasteiger partial charge in [-0.3, -0.25) is 4.79 Å². The van der Waals surface area contributed by atoms with E-state index in [0.29, 0.717) is 17.3 Å². The highest BCUT2D eigenvalue weighted by molar-refractivity contribution is 7.90. The molecule has 4 rings (SSSR count). The molecule has 1 aromatic carbocycles. The Morgan fingerprint density at radius 2 is 2.00 bits per heavy atom. The minimum absolute atomic E-state index is 0.0718. The molecule has 1 atom stereocenters. The lowest BCUT2D eigenvalue weighted by molar-refractivity contribution is 0.0981. The molecular weight excluding hydrogens is 478 g/mol. The zero-order chi connectivity index (χ0) is 25.9. The van der Waals surface area contributed by atoms with Crippen LogP contribution in [0.4, 0.5) is 5.82 Å². The van der Waals surface area contributed by atoms with Gasteiger partial charge in [0.05, 0.1) is 17.2 Å². The fourth-order valence-electron chi connectivity index (χ4n) is 4.49. The first-order valence-electron chi connectivity index (χ1n) is 11.5. The van der Waals surface area contributed by atoms with Gasteiger partial charge in [0.15, 0.2) is 5.03 Å². The summed E-state index contributed by atoms with van der Waals surface area (Å²) in [6.45, 7) is 7.11. The first-order chi connectivity index (χ1) is 17.1. The molecule has 9 nitrogen and oxygen atoms in total. The Morgan fingerprint density at radius 3 is 2.72 bits per heavy atom. The number of aromatic nitrogens is 2. The molecule has 1 saturated heterocycles. The normalized spacial score (nSPS) is 16.8. The Kier molecular flexibility index (Phi) is 6.95. The summed E-state index contributed by atoms with van der Waals surface area (Å²) >= 11 is 0. The maximum absolute atomic E-state index is 13.1. The fourth-order valence-corrected chi connectivity index (χ4v) is 5.42. The average molecular weight is 506 g/mol. The smallest absolute Gasteiger partial charge is 0.281 e. The minimum atomic E-state index is -4.28. The Bertz CT molecular complexity index is 1430. The van der Waals surface area contributed by atoms with E-state index >= 15 is 0 Å². The number of rotatable bonds is 7. The van der Waals surface area contributed by atoms with Crippen molar-refractivity contribution in [1.82, 2.24) is 14.7 Å². The van der Waals surface area contributed by atoms with E-state index in [2.05, 4.69) is 41.5 Å². The van der Waals surface area contributed by atoms with Crippen LogP contribution in [-0.2, 0) is 16.6 Å². The Labute approximate surface area is 210 Å². The van der Waals surface area contributed by atoms with Crippen molar-refractivity contribution in [1.29, 1.82) is 5.26 Å². The number of pyridine rings is 2. The van der Waals surface area contributed by atoms with Crippen molar-refractivity contribution in [3.63, 3.8) is 0 Å². The predicted molar refractivity (Wildman–Crippen MR) is 134 cm³/mol. The molecule has 10 heteroatoms. The molecule has 1 N–H and O–H groups in total. The summed E-state index contributed by atoms with van der Waals surface area (Å²) in [6, 6.07) is 16.4. The second kappa shape index (κ2) is 9.95. The molecule has 36 heavy (non-hydrogen) atoms. The number of nitrogens with zero attached hydrogens (tertiary/aromatic N) is 4. The second-order valence-corrected chi connectivity index (χ2v) is 11.1. The minimum Gasteiger partial charge on any atom is -0.473 e. The topological polar surface area (TPSA) is 125 Å². The quantitative estimate of drug-likeness (QED) is 0.516. The molecule has 0 spiro atoms. The molecule has 186 valence electrons. The highest BCUT2D eigenvalue weighted by atomic mass is 32.2. The predicted octanol–water partition coefficient (Wildman–Crippen LogP) is 3.67. The van der Waals surface area contributed by atoms with Crippen molar-refractivity contribution in [2.24, 2.45) is 5.92 Å². The standard InChI is InChI=1S/C26H27N5O4S/c1-18-14-26(2,3)31(16-18)24-21(9-6-12-28-24)25(32)30-36(33,34)23-11-5-10-22(29-23)35-17-20-8-4-7-19(13-20)15-27/h4-13,18H,14,16-17H2,1-3H3,(H,30,32). The third-order valence-electron chi connectivity index (χ3n) is 6.00. The number of hydrogen-bond acceptors (Lipinski definition) is 8. The first-order valence-corrected chi connectivity index (χ1v) is 13.0. The van der Waals surface area contributed by atoms with Gasteiger partial charge in [0, 0.05) is 24.3 Å². The molecule has 0 aliphatic carbocycles. The number of sulfonamides is 1. The van der Waals surface area contributed by atoms with Crippen LogP contribution in [0.5, 0.6) is 5.88 Å². The van der Waals surface area contributed by atoms with E-state index in [-0.39, 0.29) is 28.6 Å². The summed E-state index contributed by atoms with van der Waals surface area (Å²) in [6.07, 6.45) is 2.52. The molecule has 2 aromatic heterocycles. The zero-order valence-corrected chi connectivity index (χ0v) is 21.1. The number of nitrogens with one attached hydrogen (secondary N) is 1. The van der Waals surface area contributed by atoms with Crippen molar-refractivity contribution in [2.75, 3.05) is 11.4 Å². The van der Waals surface area contributed by atoms with Crippen LogP contribution in [0.1, 0.15) is 48.7 Å². The monoisotopic (exact) mass is 505 g/mol. The van der Waals surface area contributed by atoms with Gasteiger partial charge >= 0.3 is 0 Å². The molecule has 1 aliphatic rings. The van der Waals surface area contributed by atoms with Gasteiger partial charge in [0.25, 0.3) is 15.9 Å². The van der Waals surface area contributed by atoms with Crippen molar-refractivity contribution in [3.05, 3.63) is 77.5 Å². The molecule has 1 fully saturated rings. The number of hydrogen-bond donors (Lipinski definition) is 1. The van der Waals surface area contributed by atoms with E-state index in [9.17, 15) is 13.2 Å². The van der Waals surface area contributed by atoms with Crippen LogP contribution in [0.2, 0.25) is 0 Å². The van der Waals surface area contributed by atoms with Gasteiger partial charge in [0.2, 0.25) is 5.88 Å². The summed E-state index contributed by atoms with van der Waals surface area (Å²) in [5.74, 6) is 0.151. The van der Waals surface area contributed by atoms with Gasteiger partial charge in [-0.15, -0.1) is 0 Å². The molecule has 1 aliphatic heterocycles. The average Bonchev–Trinajstić information content (AvgIpc) is 3.14. The van der Waals surface area contributed by atoms with Crippen LogP contribution in [0, 0.1) is 17.2 Å². The Morgan fingerprint density at radius 1 is 1.22 bits per heavy atom. The summed E-state index contributed by atoms with van der Waals surface area (Å²) < 4.78 is 33.8. The number of carbonyl (C=O) groups is 1. The van der Waals surface area contributed by atoms with Gasteiger partial charge in [-0.05, 0) is 62.1 Å². The molecule has 0 bridgehead atoms. The lowest BCUT2D eigenvalue weighted by Crippen LogP contribution is -2.41. The van der Waals surface area contributed by atoms with Crippen LogP contribution in [0.15, 0.2) is 65.8 Å². The van der Waals surface area contributed by atoms with Crippen molar-refractivity contribution in [2.45, 2.75) is 44.4 Å². The van der Waals surface area contributed by atoms with Crippen molar-refractivity contribution >= 4 is 21.7 Å². The van der Waals surface area contributed by atoms with E-state index < -0.39 is 15.9 Å². The van der Waals surface area contributed by atoms with Gasteiger partial charge < -0.3 is 9.64 Å². The molecule has 3 heterocycles. The molecule has 1 unspecified atom stereocenters. The summed E-state index contributed by atoms with van der Waals surface area (Å²) in [4.78, 5) is 23.6. The fraction of sp³-hybridized carbons (Fsp3) is 0.308. The summed E-state index contributed by atoms with van der Waals surface area (Å²) in [5.41, 5.74) is 1.18. The van der Waals surface area contributed by atoms with Crippen LogP contribution in [0.25, 0.3) is 0 Å². The van der Waals surface area contributed by atoms with E-state index in [1.807, 2.05) is 4.90 Å². The number of benzene rings is 1. The highest BCUT2D eigenvalue weighted by Crippen LogP contribution is 2.37. The Hall–Kier alpha value is -3.97. The number of carbonyl (C=O) groups excluding carboxylic acids is 1. The van der Waals surface area contributed by atoms with Crippen LogP contribution < -0.4 is 14.4 Å². The van der Waals surface area contributed by atoms with Gasteiger partial charge in [-0.25, -0.2) is 9.71 Å². The van der Waals surface area contributed by atoms with E-state index in [0.717, 1.165) is 18.5 Å². The summed E-state index contributed by atoms with van der Waals surface area (Å²) in [5, 5.41) is 8.68. The number of amides is 1. The van der Waals surface area contributed by atoms with E-state index in [4.69, 9.17) is 10.00 Å². The molecule has 0 saturated carbocycles. The van der Waals surface area contributed by atoms with E-state index in [1.165, 1.54) is 18.2 Å². The molecular formula is C26H27N5O4S. The molecule has 1 amide bonds. The largest absolute Gasteiger partial charge is 0.473 e. The van der Waals surface area contributed by atoms with Gasteiger partial charge in [-0.2, -0.15) is 18.7 Å². The first kappa shape index (κ1) is 25.1. The number of ether oxygens (including phenoxy) is 1. The third-order valence-corrected chi connectivity index (χ3v) is 7.24. The Balaban J connectivity index is 1.52.